The molecule has 76 valence electrons. The van der Waals surface area contributed by atoms with Gasteiger partial charge in [0.1, 0.15) is 6.04 Å². The molecule has 1 amide bonds. The summed E-state index contributed by atoms with van der Waals surface area (Å²) < 4.78 is 0. The summed E-state index contributed by atoms with van der Waals surface area (Å²) in [6.07, 6.45) is 0.116. The lowest BCUT2D eigenvalue weighted by atomic mass is 10.0. The first-order valence-electron chi connectivity index (χ1n) is 4.35. The van der Waals surface area contributed by atoms with Gasteiger partial charge < -0.3 is 0 Å². The summed E-state index contributed by atoms with van der Waals surface area (Å²) in [4.78, 5) is 21.1. The predicted molar refractivity (Wildman–Crippen MR) is 50.3 cm³/mol. The van der Waals surface area contributed by atoms with Gasteiger partial charge >= 0.3 is 0 Å². The molecule has 0 bridgehead atoms. The van der Waals surface area contributed by atoms with Crippen LogP contribution in [0.25, 0.3) is 0 Å². The summed E-state index contributed by atoms with van der Waals surface area (Å²) in [7, 11) is 0. The molecule has 0 saturated heterocycles. The van der Waals surface area contributed by atoms with E-state index < -0.39 is 11.0 Å². The Hall–Kier alpha value is -2.11. The molecule has 6 nitrogen and oxygen atoms in total. The Balaban J connectivity index is 2.40. The van der Waals surface area contributed by atoms with Gasteiger partial charge in [-0.25, -0.2) is 0 Å². The molecule has 6 heteroatoms. The number of azo groups is 1. The Morgan fingerprint density at radius 2 is 2.13 bits per heavy atom. The summed E-state index contributed by atoms with van der Waals surface area (Å²) in [6.45, 7) is 0. The quantitative estimate of drug-likeness (QED) is 0.546. The van der Waals surface area contributed by atoms with Gasteiger partial charge in [0, 0.05) is 6.07 Å². The van der Waals surface area contributed by atoms with Gasteiger partial charge in [0.25, 0.3) is 11.6 Å². The second-order valence-electron chi connectivity index (χ2n) is 3.15. The van der Waals surface area contributed by atoms with E-state index in [9.17, 15) is 14.9 Å². The first-order valence-corrected chi connectivity index (χ1v) is 4.35. The Labute approximate surface area is 84.8 Å². The molecule has 1 aromatic carbocycles. The molecule has 1 heterocycles. The summed E-state index contributed by atoms with van der Waals surface area (Å²) in [5.41, 5.74) is 0.424. The molecule has 15 heavy (non-hydrogen) atoms. The zero-order chi connectivity index (χ0) is 10.8. The SMILES string of the molecule is O=C1CC(c2ccccc2[N+](=O)[O-])N=N1. The van der Waals surface area contributed by atoms with Crippen molar-refractivity contribution in [2.75, 3.05) is 0 Å². The average Bonchev–Trinajstić information content (AvgIpc) is 2.65. The van der Waals surface area contributed by atoms with Gasteiger partial charge in [-0.1, -0.05) is 12.1 Å². The summed E-state index contributed by atoms with van der Waals surface area (Å²) >= 11 is 0. The van der Waals surface area contributed by atoms with Gasteiger partial charge in [-0.2, -0.15) is 5.11 Å². The Morgan fingerprint density at radius 3 is 2.73 bits per heavy atom. The highest BCUT2D eigenvalue weighted by molar-refractivity contribution is 5.79. The minimum absolute atomic E-state index is 0.0175. The van der Waals surface area contributed by atoms with Crippen molar-refractivity contribution in [2.45, 2.75) is 12.5 Å². The van der Waals surface area contributed by atoms with Gasteiger partial charge in [0.15, 0.2) is 0 Å². The van der Waals surface area contributed by atoms with Crippen molar-refractivity contribution in [2.24, 2.45) is 10.2 Å². The van der Waals surface area contributed by atoms with Crippen LogP contribution < -0.4 is 0 Å². The minimum Gasteiger partial charge on any atom is -0.271 e. The molecular formula is C9H7N3O3. The molecular weight excluding hydrogens is 198 g/mol. The summed E-state index contributed by atoms with van der Waals surface area (Å²) in [5.74, 6) is -0.335. The second-order valence-corrected chi connectivity index (χ2v) is 3.15. The number of para-hydroxylation sites is 1. The highest BCUT2D eigenvalue weighted by atomic mass is 16.6. The van der Waals surface area contributed by atoms with Crippen molar-refractivity contribution < 1.29 is 9.72 Å². The number of nitrogens with zero attached hydrogens (tertiary/aromatic N) is 3. The zero-order valence-electron chi connectivity index (χ0n) is 7.66. The third-order valence-corrected chi connectivity index (χ3v) is 2.17. The lowest BCUT2D eigenvalue weighted by Gasteiger charge is -2.04. The van der Waals surface area contributed by atoms with E-state index in [-0.39, 0.29) is 18.0 Å². The second kappa shape index (κ2) is 3.56. The van der Waals surface area contributed by atoms with Crippen molar-refractivity contribution in [1.82, 2.24) is 0 Å². The van der Waals surface area contributed by atoms with Crippen molar-refractivity contribution in [1.29, 1.82) is 0 Å². The van der Waals surface area contributed by atoms with Gasteiger partial charge in [0.2, 0.25) is 0 Å². The molecule has 0 aromatic heterocycles. The monoisotopic (exact) mass is 205 g/mol. The maximum Gasteiger partial charge on any atom is 0.274 e. The normalized spacial score (nSPS) is 19.5. The predicted octanol–water partition coefficient (Wildman–Crippen LogP) is 2.02. The fraction of sp³-hybridized carbons (Fsp3) is 0.222. The molecule has 0 N–H and O–H groups in total. The minimum atomic E-state index is -0.501. The Bertz CT molecular complexity index is 456. The molecule has 1 atom stereocenters. The van der Waals surface area contributed by atoms with Crippen LogP contribution in [0.5, 0.6) is 0 Å². The third-order valence-electron chi connectivity index (χ3n) is 2.17. The smallest absolute Gasteiger partial charge is 0.271 e. The van der Waals surface area contributed by atoms with E-state index >= 15 is 0 Å². The first kappa shape index (κ1) is 9.45. The molecule has 0 fully saturated rings. The van der Waals surface area contributed by atoms with Crippen LogP contribution in [0.15, 0.2) is 34.5 Å². The van der Waals surface area contributed by atoms with Crippen molar-refractivity contribution in [3.63, 3.8) is 0 Å². The number of carbonyl (C=O) groups is 1. The van der Waals surface area contributed by atoms with Gasteiger partial charge in [-0.05, 0) is 6.07 Å². The number of hydrogen-bond acceptors (Lipinski definition) is 4. The third kappa shape index (κ3) is 1.74. The van der Waals surface area contributed by atoms with Crippen LogP contribution in [0, 0.1) is 10.1 Å². The number of rotatable bonds is 2. The zero-order valence-corrected chi connectivity index (χ0v) is 7.66. The van der Waals surface area contributed by atoms with Crippen LogP contribution in [0.3, 0.4) is 0 Å². The van der Waals surface area contributed by atoms with Crippen LogP contribution in [0.1, 0.15) is 18.0 Å². The average molecular weight is 205 g/mol. The van der Waals surface area contributed by atoms with E-state index in [2.05, 4.69) is 10.2 Å². The van der Waals surface area contributed by atoms with E-state index in [4.69, 9.17) is 0 Å². The maximum atomic E-state index is 10.9. The summed E-state index contributed by atoms with van der Waals surface area (Å²) in [6, 6.07) is 5.75. The maximum absolute atomic E-state index is 10.9. The fourth-order valence-electron chi connectivity index (χ4n) is 1.49. The Morgan fingerprint density at radius 1 is 1.40 bits per heavy atom. The van der Waals surface area contributed by atoms with Crippen molar-refractivity contribution in [3.8, 4) is 0 Å². The summed E-state index contributed by atoms with van der Waals surface area (Å²) in [5, 5.41) is 17.8. The first-order chi connectivity index (χ1) is 7.18. The molecule has 2 rings (SSSR count). The number of hydrogen-bond donors (Lipinski definition) is 0. The molecule has 0 radical (unpaired) electrons. The van der Waals surface area contributed by atoms with Crippen molar-refractivity contribution in [3.05, 3.63) is 39.9 Å². The lowest BCUT2D eigenvalue weighted by Crippen LogP contribution is -2.00. The molecule has 0 spiro atoms. The Kier molecular flexibility index (Phi) is 2.24. The number of carbonyl (C=O) groups excluding carboxylic acids is 1. The van der Waals surface area contributed by atoms with Crippen molar-refractivity contribution >= 4 is 11.6 Å². The lowest BCUT2D eigenvalue weighted by molar-refractivity contribution is -0.385. The molecule has 0 saturated carbocycles. The van der Waals surface area contributed by atoms with Crippen LogP contribution in [-0.2, 0) is 4.79 Å². The number of amides is 1. The molecule has 1 aromatic rings. The molecule has 1 aliphatic rings. The molecule has 1 aliphatic heterocycles. The van der Waals surface area contributed by atoms with Gasteiger partial charge in [-0.15, -0.1) is 5.11 Å². The van der Waals surface area contributed by atoms with E-state index in [0.717, 1.165) is 0 Å². The van der Waals surface area contributed by atoms with Gasteiger partial charge in [-0.3, -0.25) is 14.9 Å². The van der Waals surface area contributed by atoms with E-state index in [1.807, 2.05) is 0 Å². The van der Waals surface area contributed by atoms with Crippen LogP contribution >= 0.6 is 0 Å². The highest BCUT2D eigenvalue weighted by Gasteiger charge is 2.27. The van der Waals surface area contributed by atoms with E-state index in [1.54, 1.807) is 18.2 Å². The van der Waals surface area contributed by atoms with Crippen LogP contribution in [0.4, 0.5) is 5.69 Å². The number of benzene rings is 1. The fourth-order valence-corrected chi connectivity index (χ4v) is 1.49. The largest absolute Gasteiger partial charge is 0.274 e. The molecule has 1 unspecified atom stereocenters. The van der Waals surface area contributed by atoms with Crippen LogP contribution in [0.2, 0.25) is 0 Å². The van der Waals surface area contributed by atoms with Gasteiger partial charge in [0.05, 0.1) is 16.9 Å². The topological polar surface area (TPSA) is 84.9 Å². The van der Waals surface area contributed by atoms with E-state index in [0.29, 0.717) is 5.56 Å². The molecule has 0 aliphatic carbocycles. The van der Waals surface area contributed by atoms with E-state index in [1.165, 1.54) is 6.07 Å². The highest BCUT2D eigenvalue weighted by Crippen LogP contribution is 2.33. The van der Waals surface area contributed by atoms with Crippen LogP contribution in [-0.4, -0.2) is 10.8 Å². The number of nitro groups is 1. The standard InChI is InChI=1S/C9H7N3O3/c13-9-5-7(10-11-9)6-3-1-2-4-8(6)12(14)15/h1-4,7H,5H2. The number of nitro benzene ring substituents is 1.